The Bertz CT molecular complexity index is 789. The van der Waals surface area contributed by atoms with Crippen LogP contribution in [0.4, 0.5) is 13.2 Å². The summed E-state index contributed by atoms with van der Waals surface area (Å²) in [4.78, 5) is 2.12. The van der Waals surface area contributed by atoms with E-state index in [4.69, 9.17) is 9.47 Å². The van der Waals surface area contributed by atoms with E-state index < -0.39 is 12.6 Å². The lowest BCUT2D eigenvalue weighted by molar-refractivity contribution is -0.138. The van der Waals surface area contributed by atoms with Gasteiger partial charge >= 0.3 is 6.18 Å². The highest BCUT2D eigenvalue weighted by molar-refractivity contribution is 5.85. The fourth-order valence-electron chi connectivity index (χ4n) is 3.71. The molecule has 0 unspecified atom stereocenters. The maximum absolute atomic E-state index is 12.9. The molecule has 1 aliphatic heterocycles. The zero-order valence-corrected chi connectivity index (χ0v) is 19.7. The van der Waals surface area contributed by atoms with E-state index in [1.54, 1.807) is 0 Å². The number of hydrogen-bond acceptors (Lipinski definition) is 4. The number of nitrogens with zero attached hydrogens (tertiary/aromatic N) is 1. The van der Waals surface area contributed by atoms with Gasteiger partial charge in [-0.15, -0.1) is 24.8 Å². The van der Waals surface area contributed by atoms with Crippen LogP contribution >= 0.6 is 24.8 Å². The molecule has 0 aliphatic carbocycles. The Morgan fingerprint density at radius 1 is 0.969 bits per heavy atom. The van der Waals surface area contributed by atoms with Crippen molar-refractivity contribution in [3.8, 4) is 11.5 Å². The highest BCUT2D eigenvalue weighted by atomic mass is 35.5. The average molecular weight is 495 g/mol. The van der Waals surface area contributed by atoms with Crippen molar-refractivity contribution in [1.29, 1.82) is 0 Å². The molecule has 0 spiro atoms. The average Bonchev–Trinajstić information content (AvgIpc) is 2.74. The first-order chi connectivity index (χ1) is 14.5. The molecule has 0 saturated carbocycles. The zero-order valence-electron chi connectivity index (χ0n) is 18.1. The van der Waals surface area contributed by atoms with E-state index in [0.29, 0.717) is 24.7 Å². The summed E-state index contributed by atoms with van der Waals surface area (Å²) in [6.07, 6.45) is -4.95. The number of nitrogens with one attached hydrogen (secondary N) is 1. The molecular formula is C23H31Cl2F3N2O2. The predicted octanol–water partition coefficient (Wildman–Crippen LogP) is 5.80. The van der Waals surface area contributed by atoms with Crippen LogP contribution in [0.15, 0.2) is 48.5 Å². The largest absolute Gasteiger partial charge is 0.490 e. The normalized spacial score (nSPS) is 15.2. The molecule has 1 atom stereocenters. The van der Waals surface area contributed by atoms with Gasteiger partial charge < -0.3 is 14.8 Å². The minimum Gasteiger partial charge on any atom is -0.490 e. The molecule has 1 N–H and O–H groups in total. The molecule has 0 bridgehead atoms. The summed E-state index contributed by atoms with van der Waals surface area (Å²) >= 11 is 0. The fraction of sp³-hybridized carbons (Fsp3) is 0.478. The van der Waals surface area contributed by atoms with Crippen molar-refractivity contribution in [2.75, 3.05) is 32.8 Å². The van der Waals surface area contributed by atoms with Gasteiger partial charge in [-0.1, -0.05) is 36.4 Å². The molecule has 32 heavy (non-hydrogen) atoms. The molecule has 0 amide bonds. The van der Waals surface area contributed by atoms with Gasteiger partial charge in [-0.2, -0.15) is 13.2 Å². The number of rotatable bonds is 9. The Labute approximate surface area is 200 Å². The quantitative estimate of drug-likeness (QED) is 0.477. The first-order valence-corrected chi connectivity index (χ1v) is 10.4. The topological polar surface area (TPSA) is 33.7 Å². The Balaban J connectivity index is 0.00000256. The molecule has 0 radical (unpaired) electrons. The smallest absolute Gasteiger partial charge is 0.389 e. The van der Waals surface area contributed by atoms with Crippen LogP contribution in [-0.4, -0.2) is 43.9 Å². The van der Waals surface area contributed by atoms with Crippen LogP contribution in [0.3, 0.4) is 0 Å². The van der Waals surface area contributed by atoms with Crippen molar-refractivity contribution in [2.45, 2.75) is 38.6 Å². The van der Waals surface area contributed by atoms with Gasteiger partial charge in [0.15, 0.2) is 11.5 Å². The molecule has 2 aromatic carbocycles. The van der Waals surface area contributed by atoms with E-state index in [9.17, 15) is 13.2 Å². The number of alkyl halides is 3. The summed E-state index contributed by atoms with van der Waals surface area (Å²) in [7, 11) is 0. The van der Waals surface area contributed by atoms with Gasteiger partial charge in [0.1, 0.15) is 6.61 Å². The summed E-state index contributed by atoms with van der Waals surface area (Å²) < 4.78 is 50.6. The van der Waals surface area contributed by atoms with Crippen LogP contribution in [0.25, 0.3) is 0 Å². The lowest BCUT2D eigenvalue weighted by Crippen LogP contribution is -2.45. The summed E-state index contributed by atoms with van der Waals surface area (Å²) in [5.41, 5.74) is 1.87. The van der Waals surface area contributed by atoms with Crippen LogP contribution < -0.4 is 14.8 Å². The van der Waals surface area contributed by atoms with Crippen LogP contribution in [-0.2, 0) is 6.61 Å². The second-order valence-electron chi connectivity index (χ2n) is 7.37. The van der Waals surface area contributed by atoms with E-state index in [1.807, 2.05) is 55.5 Å². The van der Waals surface area contributed by atoms with Gasteiger partial charge in [-0.3, -0.25) is 4.90 Å². The lowest BCUT2D eigenvalue weighted by atomic mass is 9.98. The molecule has 1 saturated heterocycles. The van der Waals surface area contributed by atoms with E-state index in [1.165, 1.54) is 0 Å². The molecule has 1 aliphatic rings. The van der Waals surface area contributed by atoms with E-state index in [0.717, 1.165) is 37.3 Å². The Morgan fingerprint density at radius 2 is 1.66 bits per heavy atom. The Kier molecular flexibility index (Phi) is 12.2. The van der Waals surface area contributed by atoms with E-state index >= 15 is 0 Å². The minimum absolute atomic E-state index is 0. The summed E-state index contributed by atoms with van der Waals surface area (Å²) in [5, 5.41) is 3.26. The van der Waals surface area contributed by atoms with Crippen molar-refractivity contribution >= 4 is 24.8 Å². The Hall–Kier alpha value is -1.67. The number of piperazine rings is 1. The number of halogens is 5. The third kappa shape index (κ3) is 8.70. The third-order valence-corrected chi connectivity index (χ3v) is 5.18. The highest BCUT2D eigenvalue weighted by Gasteiger charge is 2.31. The first kappa shape index (κ1) is 28.4. The first-order valence-electron chi connectivity index (χ1n) is 10.4. The van der Waals surface area contributed by atoms with Crippen molar-refractivity contribution in [3.63, 3.8) is 0 Å². The van der Waals surface area contributed by atoms with Gasteiger partial charge in [0.2, 0.25) is 0 Å². The van der Waals surface area contributed by atoms with Crippen LogP contribution in [0.5, 0.6) is 11.5 Å². The predicted molar refractivity (Wildman–Crippen MR) is 125 cm³/mol. The Morgan fingerprint density at radius 3 is 2.28 bits per heavy atom. The van der Waals surface area contributed by atoms with Crippen molar-refractivity contribution < 1.29 is 22.6 Å². The van der Waals surface area contributed by atoms with E-state index in [-0.39, 0.29) is 37.3 Å². The highest BCUT2D eigenvalue weighted by Crippen LogP contribution is 2.36. The second-order valence-corrected chi connectivity index (χ2v) is 7.37. The summed E-state index contributed by atoms with van der Waals surface area (Å²) in [6, 6.07) is 15.0. The third-order valence-electron chi connectivity index (χ3n) is 5.18. The molecule has 1 heterocycles. The molecule has 4 nitrogen and oxygen atoms in total. The van der Waals surface area contributed by atoms with Crippen molar-refractivity contribution in [2.24, 2.45) is 0 Å². The number of ether oxygens (including phenoxy) is 2. The molecular weight excluding hydrogens is 464 g/mol. The molecule has 180 valence electrons. The van der Waals surface area contributed by atoms with Gasteiger partial charge in [0.05, 0.1) is 6.61 Å². The van der Waals surface area contributed by atoms with Gasteiger partial charge in [0, 0.05) is 38.6 Å². The SMILES string of the molecule is CCOc1cc([C@H](CCC(F)(F)F)N2CCNCC2)ccc1OCc1ccccc1.Cl.Cl. The minimum atomic E-state index is -4.17. The maximum atomic E-state index is 12.9. The van der Waals surface area contributed by atoms with Crippen LogP contribution in [0.2, 0.25) is 0 Å². The monoisotopic (exact) mass is 494 g/mol. The van der Waals surface area contributed by atoms with Crippen molar-refractivity contribution in [3.05, 3.63) is 59.7 Å². The second kappa shape index (κ2) is 13.8. The van der Waals surface area contributed by atoms with E-state index in [2.05, 4.69) is 10.2 Å². The molecule has 3 rings (SSSR count). The van der Waals surface area contributed by atoms with Crippen LogP contribution in [0.1, 0.15) is 36.9 Å². The van der Waals surface area contributed by atoms with Gasteiger partial charge in [-0.05, 0) is 36.6 Å². The summed E-state index contributed by atoms with van der Waals surface area (Å²) in [5.74, 6) is 1.16. The van der Waals surface area contributed by atoms with Crippen molar-refractivity contribution in [1.82, 2.24) is 10.2 Å². The molecule has 2 aromatic rings. The molecule has 0 aromatic heterocycles. The molecule has 9 heteroatoms. The lowest BCUT2D eigenvalue weighted by Gasteiger charge is -2.35. The standard InChI is InChI=1S/C23H29F3N2O2.2ClH/c1-2-29-22-16-19(8-9-21(22)30-17-18-6-4-3-5-7-18)20(10-11-23(24,25)26)28-14-12-27-13-15-28;;/h3-9,16,20,27H,2,10-15,17H2,1H3;2*1H/t20-;;/m0../s1. The fourth-order valence-corrected chi connectivity index (χ4v) is 3.71. The number of benzene rings is 2. The van der Waals surface area contributed by atoms with Crippen LogP contribution in [0, 0.1) is 0 Å². The number of hydrogen-bond donors (Lipinski definition) is 1. The summed E-state index contributed by atoms with van der Waals surface area (Å²) in [6.45, 7) is 5.72. The molecule has 1 fully saturated rings. The zero-order chi connectivity index (χ0) is 21.4. The van der Waals surface area contributed by atoms with Gasteiger partial charge in [-0.25, -0.2) is 0 Å². The maximum Gasteiger partial charge on any atom is 0.389 e. The van der Waals surface area contributed by atoms with Gasteiger partial charge in [0.25, 0.3) is 0 Å².